The van der Waals surface area contributed by atoms with Crippen molar-refractivity contribution in [2.75, 3.05) is 14.2 Å². The maximum absolute atomic E-state index is 12.0. The number of oxime groups is 2. The molecule has 0 fully saturated rings. The standard InChI is InChI=1S/C19H21N3O3/c1-13-8-7-9-15(12-13)14(2)21-25-17-11-6-5-10-16(17)18(22-24-4)19(23)20-3/h5-12H,1-4H3,(H,20,23)/b21-14-,22-18+. The second-order valence-electron chi connectivity index (χ2n) is 5.34. The van der Waals surface area contributed by atoms with Crippen LogP contribution < -0.4 is 10.2 Å². The zero-order chi connectivity index (χ0) is 18.2. The van der Waals surface area contributed by atoms with Crippen LogP contribution in [0.15, 0.2) is 58.8 Å². The van der Waals surface area contributed by atoms with Crippen molar-refractivity contribution in [3.8, 4) is 5.75 Å². The molecule has 0 spiro atoms. The van der Waals surface area contributed by atoms with Gasteiger partial charge in [0.05, 0.1) is 11.3 Å². The van der Waals surface area contributed by atoms with Crippen molar-refractivity contribution in [3.63, 3.8) is 0 Å². The van der Waals surface area contributed by atoms with Gasteiger partial charge in [0.1, 0.15) is 7.11 Å². The molecule has 0 aliphatic rings. The van der Waals surface area contributed by atoms with Crippen LogP contribution in [0.4, 0.5) is 0 Å². The number of nitrogens with one attached hydrogen (secondary N) is 1. The number of hydrogen-bond acceptors (Lipinski definition) is 5. The summed E-state index contributed by atoms with van der Waals surface area (Å²) in [6, 6.07) is 15.0. The van der Waals surface area contributed by atoms with Gasteiger partial charge in [-0.15, -0.1) is 0 Å². The fraction of sp³-hybridized carbons (Fsp3) is 0.211. The van der Waals surface area contributed by atoms with Crippen molar-refractivity contribution in [1.82, 2.24) is 5.32 Å². The molecule has 0 heterocycles. The van der Waals surface area contributed by atoms with Gasteiger partial charge in [0.25, 0.3) is 5.91 Å². The summed E-state index contributed by atoms with van der Waals surface area (Å²) in [6.07, 6.45) is 0. The highest BCUT2D eigenvalue weighted by atomic mass is 16.6. The number of para-hydroxylation sites is 1. The number of hydrogen-bond donors (Lipinski definition) is 1. The normalized spacial score (nSPS) is 11.8. The molecule has 2 aromatic carbocycles. The zero-order valence-electron chi connectivity index (χ0n) is 14.7. The first kappa shape index (κ1) is 18.2. The quantitative estimate of drug-likeness (QED) is 0.650. The number of carbonyl (C=O) groups excluding carboxylic acids is 1. The van der Waals surface area contributed by atoms with E-state index in [-0.39, 0.29) is 11.6 Å². The predicted molar refractivity (Wildman–Crippen MR) is 98.1 cm³/mol. The van der Waals surface area contributed by atoms with Crippen LogP contribution in [0.2, 0.25) is 0 Å². The number of nitrogens with zero attached hydrogens (tertiary/aromatic N) is 2. The topological polar surface area (TPSA) is 72.3 Å². The Labute approximate surface area is 147 Å². The Morgan fingerprint density at radius 2 is 1.84 bits per heavy atom. The Kier molecular flexibility index (Phi) is 6.28. The average Bonchev–Trinajstić information content (AvgIpc) is 2.64. The molecule has 0 radical (unpaired) electrons. The molecule has 0 aliphatic heterocycles. The third kappa shape index (κ3) is 4.67. The maximum Gasteiger partial charge on any atom is 0.273 e. The highest BCUT2D eigenvalue weighted by molar-refractivity contribution is 6.45. The first-order valence-corrected chi connectivity index (χ1v) is 7.78. The molecule has 0 saturated heterocycles. The van der Waals surface area contributed by atoms with E-state index in [2.05, 4.69) is 15.6 Å². The van der Waals surface area contributed by atoms with E-state index in [1.807, 2.05) is 38.1 Å². The van der Waals surface area contributed by atoms with Gasteiger partial charge in [0.15, 0.2) is 11.5 Å². The smallest absolute Gasteiger partial charge is 0.273 e. The van der Waals surface area contributed by atoms with Crippen LogP contribution in [0, 0.1) is 6.92 Å². The molecule has 6 nitrogen and oxygen atoms in total. The molecule has 25 heavy (non-hydrogen) atoms. The van der Waals surface area contributed by atoms with E-state index in [9.17, 15) is 4.79 Å². The van der Waals surface area contributed by atoms with Crippen molar-refractivity contribution >= 4 is 17.3 Å². The first-order chi connectivity index (χ1) is 12.1. The van der Waals surface area contributed by atoms with Crippen LogP contribution in [0.3, 0.4) is 0 Å². The monoisotopic (exact) mass is 339 g/mol. The molecule has 1 N–H and O–H groups in total. The second kappa shape index (κ2) is 8.63. The summed E-state index contributed by atoms with van der Waals surface area (Å²) in [4.78, 5) is 22.4. The highest BCUT2D eigenvalue weighted by Crippen LogP contribution is 2.20. The second-order valence-corrected chi connectivity index (χ2v) is 5.34. The summed E-state index contributed by atoms with van der Waals surface area (Å²) in [7, 11) is 2.91. The van der Waals surface area contributed by atoms with Crippen LogP contribution in [0.5, 0.6) is 5.75 Å². The van der Waals surface area contributed by atoms with E-state index >= 15 is 0 Å². The van der Waals surface area contributed by atoms with Crippen LogP contribution in [-0.4, -0.2) is 31.5 Å². The van der Waals surface area contributed by atoms with Gasteiger partial charge in [0, 0.05) is 7.05 Å². The Morgan fingerprint density at radius 3 is 2.52 bits per heavy atom. The number of carbonyl (C=O) groups is 1. The van der Waals surface area contributed by atoms with E-state index in [1.54, 1.807) is 24.3 Å². The lowest BCUT2D eigenvalue weighted by Gasteiger charge is -2.09. The average molecular weight is 339 g/mol. The minimum absolute atomic E-state index is 0.115. The molecule has 1 amide bonds. The van der Waals surface area contributed by atoms with Crippen molar-refractivity contribution in [1.29, 1.82) is 0 Å². The highest BCUT2D eigenvalue weighted by Gasteiger charge is 2.18. The third-order valence-electron chi connectivity index (χ3n) is 3.48. The molecular formula is C19H21N3O3. The van der Waals surface area contributed by atoms with Gasteiger partial charge in [-0.2, -0.15) is 0 Å². The van der Waals surface area contributed by atoms with Gasteiger partial charge < -0.3 is 15.0 Å². The van der Waals surface area contributed by atoms with Crippen LogP contribution >= 0.6 is 0 Å². The molecule has 6 heteroatoms. The number of amides is 1. The first-order valence-electron chi connectivity index (χ1n) is 7.78. The number of rotatable bonds is 6. The molecule has 0 aliphatic carbocycles. The Balaban J connectivity index is 2.33. The fourth-order valence-corrected chi connectivity index (χ4v) is 2.20. The summed E-state index contributed by atoms with van der Waals surface area (Å²) >= 11 is 0. The molecular weight excluding hydrogens is 318 g/mol. The van der Waals surface area contributed by atoms with Gasteiger partial charge in [-0.25, -0.2) is 0 Å². The van der Waals surface area contributed by atoms with Gasteiger partial charge in [0.2, 0.25) is 0 Å². The van der Waals surface area contributed by atoms with E-state index in [0.717, 1.165) is 16.8 Å². The summed E-state index contributed by atoms with van der Waals surface area (Å²) in [5, 5.41) is 10.5. The van der Waals surface area contributed by atoms with Crippen LogP contribution in [0.1, 0.15) is 23.6 Å². The summed E-state index contributed by atoms with van der Waals surface area (Å²) in [5.41, 5.74) is 3.44. The lowest BCUT2D eigenvalue weighted by Crippen LogP contribution is -2.28. The Bertz CT molecular complexity index is 813. The van der Waals surface area contributed by atoms with Crippen molar-refractivity contribution in [2.24, 2.45) is 10.3 Å². The Morgan fingerprint density at radius 1 is 1.08 bits per heavy atom. The lowest BCUT2D eigenvalue weighted by atomic mass is 10.1. The summed E-state index contributed by atoms with van der Waals surface area (Å²) in [5.74, 6) is 0.0335. The summed E-state index contributed by atoms with van der Waals surface area (Å²) < 4.78 is 0. The molecule has 2 aromatic rings. The molecule has 0 saturated carbocycles. The molecule has 130 valence electrons. The van der Waals surface area contributed by atoms with E-state index in [0.29, 0.717) is 11.3 Å². The van der Waals surface area contributed by atoms with E-state index < -0.39 is 0 Å². The van der Waals surface area contributed by atoms with Gasteiger partial charge in [-0.3, -0.25) is 4.79 Å². The lowest BCUT2D eigenvalue weighted by molar-refractivity contribution is -0.114. The Hall–Kier alpha value is -3.15. The summed E-state index contributed by atoms with van der Waals surface area (Å²) in [6.45, 7) is 3.88. The maximum atomic E-state index is 12.0. The zero-order valence-corrected chi connectivity index (χ0v) is 14.7. The third-order valence-corrected chi connectivity index (χ3v) is 3.48. The fourth-order valence-electron chi connectivity index (χ4n) is 2.20. The van der Waals surface area contributed by atoms with Crippen molar-refractivity contribution in [2.45, 2.75) is 13.8 Å². The number of aryl methyl sites for hydroxylation is 1. The van der Waals surface area contributed by atoms with Crippen LogP contribution in [-0.2, 0) is 9.63 Å². The molecule has 0 unspecified atom stereocenters. The minimum Gasteiger partial charge on any atom is -0.398 e. The molecule has 2 rings (SSSR count). The van der Waals surface area contributed by atoms with Crippen LogP contribution in [0.25, 0.3) is 0 Å². The van der Waals surface area contributed by atoms with E-state index in [4.69, 9.17) is 9.68 Å². The minimum atomic E-state index is -0.378. The van der Waals surface area contributed by atoms with E-state index in [1.165, 1.54) is 14.2 Å². The molecule has 0 aromatic heterocycles. The SMILES string of the molecule is CNC(=O)/C(=N/OC)c1ccccc1O/N=C(/C)c1cccc(C)c1. The van der Waals surface area contributed by atoms with Crippen molar-refractivity contribution in [3.05, 3.63) is 65.2 Å². The number of benzene rings is 2. The molecule has 0 atom stereocenters. The van der Waals surface area contributed by atoms with Gasteiger partial charge in [-0.1, -0.05) is 52.3 Å². The molecule has 0 bridgehead atoms. The largest absolute Gasteiger partial charge is 0.398 e. The van der Waals surface area contributed by atoms with Gasteiger partial charge in [-0.05, 0) is 31.5 Å². The predicted octanol–water partition coefficient (Wildman–Crippen LogP) is 2.89. The number of likely N-dealkylation sites (N-methyl/N-ethyl adjacent to an activating group) is 1. The van der Waals surface area contributed by atoms with Gasteiger partial charge >= 0.3 is 0 Å². The van der Waals surface area contributed by atoms with Crippen molar-refractivity contribution < 1.29 is 14.5 Å².